The molecule has 11 heteroatoms. The van der Waals surface area contributed by atoms with Crippen LogP contribution >= 0.6 is 27.7 Å². The van der Waals surface area contributed by atoms with E-state index in [2.05, 4.69) is 52.2 Å². The maximum atomic E-state index is 8.48. The van der Waals surface area contributed by atoms with Crippen LogP contribution in [0.4, 0.5) is 0 Å². The molecule has 0 bridgehead atoms. The first-order chi connectivity index (χ1) is 11.2. The highest BCUT2D eigenvalue weighted by molar-refractivity contribution is 9.10. The Bertz CT molecular complexity index is 551. The number of nitrogens with one attached hydrogen (secondary N) is 6. The maximum absolute atomic E-state index is 8.48. The first-order valence-corrected chi connectivity index (χ1v) is 8.79. The van der Waals surface area contributed by atoms with Crippen LogP contribution in [0.1, 0.15) is 5.69 Å². The highest BCUT2D eigenvalue weighted by Crippen LogP contribution is 2.16. The molecule has 0 unspecified atom stereocenters. The number of aromatic nitrogens is 2. The second kappa shape index (κ2) is 11.6. The lowest BCUT2D eigenvalue weighted by molar-refractivity contribution is 0.768. The van der Waals surface area contributed by atoms with E-state index in [1.807, 2.05) is 0 Å². The molecule has 0 aliphatic rings. The highest BCUT2D eigenvalue weighted by atomic mass is 79.9. The number of H-pyrrole nitrogens is 1. The molecule has 0 spiro atoms. The fourth-order valence-electron chi connectivity index (χ4n) is 1.49. The van der Waals surface area contributed by atoms with Crippen molar-refractivity contribution in [3.05, 3.63) is 16.6 Å². The average Bonchev–Trinajstić information content (AvgIpc) is 2.95. The fourth-order valence-corrected chi connectivity index (χ4v) is 2.82. The predicted molar refractivity (Wildman–Crippen MR) is 96.3 cm³/mol. The lowest BCUT2D eigenvalue weighted by Gasteiger charge is -2.11. The van der Waals surface area contributed by atoms with Gasteiger partial charge in [-0.25, -0.2) is 4.98 Å². The summed E-state index contributed by atoms with van der Waals surface area (Å²) in [5.74, 6) is 2.38. The van der Waals surface area contributed by atoms with Crippen molar-refractivity contribution in [1.82, 2.24) is 31.2 Å². The Morgan fingerprint density at radius 3 is 2.83 bits per heavy atom. The number of hydrogen-bond acceptors (Lipinski definition) is 5. The van der Waals surface area contributed by atoms with E-state index in [4.69, 9.17) is 10.7 Å². The lowest BCUT2D eigenvalue weighted by atomic mass is 10.6. The molecule has 1 aromatic rings. The smallest absolute Gasteiger partial charge is 0.204 e. The van der Waals surface area contributed by atoms with Gasteiger partial charge in [0.2, 0.25) is 5.96 Å². The number of imidazole rings is 1. The summed E-state index contributed by atoms with van der Waals surface area (Å²) in [7, 11) is 1.59. The van der Waals surface area contributed by atoms with Crippen LogP contribution in [0.15, 0.2) is 15.9 Å². The number of rotatable bonds is 8. The van der Waals surface area contributed by atoms with Gasteiger partial charge in [0.05, 0.1) is 12.0 Å². The molecule has 0 saturated heterocycles. The summed E-state index contributed by atoms with van der Waals surface area (Å²) in [5.41, 5.74) is 0.994. The van der Waals surface area contributed by atoms with Gasteiger partial charge >= 0.3 is 0 Å². The van der Waals surface area contributed by atoms with E-state index >= 15 is 0 Å². The maximum Gasteiger partial charge on any atom is 0.204 e. The number of thioether (sulfide) groups is 1. The van der Waals surface area contributed by atoms with Gasteiger partial charge < -0.3 is 20.9 Å². The molecule has 0 saturated carbocycles. The molecule has 23 heavy (non-hydrogen) atoms. The van der Waals surface area contributed by atoms with Gasteiger partial charge in [0, 0.05) is 38.2 Å². The lowest BCUT2D eigenvalue weighted by Crippen LogP contribution is -2.43. The van der Waals surface area contributed by atoms with Crippen LogP contribution in [0.25, 0.3) is 0 Å². The average molecular weight is 402 g/mol. The van der Waals surface area contributed by atoms with E-state index in [0.717, 1.165) is 21.8 Å². The second-order valence-electron chi connectivity index (χ2n) is 4.18. The van der Waals surface area contributed by atoms with Crippen molar-refractivity contribution < 1.29 is 0 Å². The van der Waals surface area contributed by atoms with E-state index in [-0.39, 0.29) is 5.96 Å². The van der Waals surface area contributed by atoms with E-state index in [1.54, 1.807) is 31.3 Å². The van der Waals surface area contributed by atoms with Gasteiger partial charge in [-0.2, -0.15) is 17.0 Å². The number of aromatic amines is 1. The molecule has 0 aliphatic carbocycles. The quantitative estimate of drug-likeness (QED) is 0.120. The Hall–Kier alpha value is -1.93. The largest absolute Gasteiger partial charge is 0.356 e. The van der Waals surface area contributed by atoms with Gasteiger partial charge in [0.1, 0.15) is 4.60 Å². The van der Waals surface area contributed by atoms with Gasteiger partial charge in [0.15, 0.2) is 12.2 Å². The molecule has 1 rings (SSSR count). The molecule has 0 amide bonds. The van der Waals surface area contributed by atoms with Crippen molar-refractivity contribution in [2.45, 2.75) is 5.75 Å². The number of hydrogen-bond donors (Lipinski definition) is 6. The summed E-state index contributed by atoms with van der Waals surface area (Å²) in [6, 6.07) is 0. The van der Waals surface area contributed by atoms with Crippen LogP contribution in [-0.2, 0) is 5.75 Å². The van der Waals surface area contributed by atoms with Crippen LogP contribution < -0.4 is 21.3 Å². The summed E-state index contributed by atoms with van der Waals surface area (Å²) in [6.07, 6.45) is 3.45. The number of guanidine groups is 2. The zero-order chi connectivity index (χ0) is 16.9. The molecule has 9 nitrogen and oxygen atoms in total. The molecule has 0 atom stereocenters. The van der Waals surface area contributed by atoms with Crippen LogP contribution in [0.2, 0.25) is 0 Å². The Balaban J connectivity index is 2.00. The third-order valence-corrected chi connectivity index (χ3v) is 4.23. The Kier molecular flexibility index (Phi) is 9.65. The Morgan fingerprint density at radius 1 is 1.43 bits per heavy atom. The highest BCUT2D eigenvalue weighted by Gasteiger charge is 2.02. The fraction of sp³-hybridized carbons (Fsp3) is 0.500. The minimum absolute atomic E-state index is 0.275. The Labute approximate surface area is 147 Å². The second-order valence-corrected chi connectivity index (χ2v) is 6.08. The summed E-state index contributed by atoms with van der Waals surface area (Å²) < 4.78 is 0.917. The van der Waals surface area contributed by atoms with E-state index in [0.29, 0.717) is 25.6 Å². The normalized spacial score (nSPS) is 10.7. The van der Waals surface area contributed by atoms with Gasteiger partial charge in [-0.05, 0) is 15.9 Å². The summed E-state index contributed by atoms with van der Waals surface area (Å²) >= 11 is 5.13. The van der Waals surface area contributed by atoms with Crippen LogP contribution in [0.3, 0.4) is 0 Å². The molecule has 0 aliphatic heterocycles. The number of halogens is 1. The topological polar surface area (TPSA) is 137 Å². The van der Waals surface area contributed by atoms with Crippen molar-refractivity contribution in [3.8, 4) is 6.19 Å². The number of nitrogens with zero attached hydrogens (tertiary/aromatic N) is 3. The standard InChI is InChI=1S/C12H20BrN9S/c1-16-12(20-7-14)19-3-2-17-11(15)18-4-5-23-6-9-10(13)22-8-21-9/h8H,2-6H2,1H3,(H,21,22)(H3,15,17,18)(H2,16,19,20). The van der Waals surface area contributed by atoms with Crippen LogP contribution in [-0.4, -0.2) is 54.3 Å². The molecule has 1 heterocycles. The molecular formula is C12H20BrN9S. The molecule has 0 radical (unpaired) electrons. The van der Waals surface area contributed by atoms with Crippen LogP contribution in [0, 0.1) is 16.9 Å². The third kappa shape index (κ3) is 8.32. The number of aliphatic imine (C=N–C) groups is 1. The minimum Gasteiger partial charge on any atom is -0.356 e. The SMILES string of the molecule is C/N=C(/NC#N)NCCNC(=N)NCCSCc1nc[nH]c1Br. The van der Waals surface area contributed by atoms with Crippen molar-refractivity contribution in [3.63, 3.8) is 0 Å². The molecule has 0 fully saturated rings. The molecule has 6 N–H and O–H groups in total. The number of nitriles is 1. The van der Waals surface area contributed by atoms with Crippen molar-refractivity contribution >= 4 is 39.6 Å². The predicted octanol–water partition coefficient (Wildman–Crippen LogP) is 0.165. The van der Waals surface area contributed by atoms with E-state index < -0.39 is 0 Å². The molecular weight excluding hydrogens is 382 g/mol. The third-order valence-electron chi connectivity index (χ3n) is 2.57. The zero-order valence-corrected chi connectivity index (χ0v) is 15.1. The minimum atomic E-state index is 0.275. The van der Waals surface area contributed by atoms with Crippen molar-refractivity contribution in [2.24, 2.45) is 4.99 Å². The summed E-state index contributed by atoms with van der Waals surface area (Å²) in [6.45, 7) is 1.79. The van der Waals surface area contributed by atoms with Gasteiger partial charge in [-0.1, -0.05) is 0 Å². The first-order valence-electron chi connectivity index (χ1n) is 6.85. The Morgan fingerprint density at radius 2 is 2.17 bits per heavy atom. The van der Waals surface area contributed by atoms with Gasteiger partial charge in [-0.15, -0.1) is 0 Å². The van der Waals surface area contributed by atoms with Crippen LogP contribution in [0.5, 0.6) is 0 Å². The van der Waals surface area contributed by atoms with E-state index in [1.165, 1.54) is 0 Å². The monoisotopic (exact) mass is 401 g/mol. The van der Waals surface area contributed by atoms with Crippen molar-refractivity contribution in [1.29, 1.82) is 10.7 Å². The summed E-state index contributed by atoms with van der Waals surface area (Å²) in [5, 5.41) is 27.5. The zero-order valence-electron chi connectivity index (χ0n) is 12.7. The first kappa shape index (κ1) is 19.1. The van der Waals surface area contributed by atoms with Gasteiger partial charge in [0.25, 0.3) is 0 Å². The summed E-state index contributed by atoms with van der Waals surface area (Å²) in [4.78, 5) is 11.0. The molecule has 0 aromatic carbocycles. The van der Waals surface area contributed by atoms with Crippen molar-refractivity contribution in [2.75, 3.05) is 32.4 Å². The molecule has 126 valence electrons. The van der Waals surface area contributed by atoms with Gasteiger partial charge in [-0.3, -0.25) is 15.7 Å². The molecule has 1 aromatic heterocycles. The van der Waals surface area contributed by atoms with E-state index in [9.17, 15) is 0 Å².